The molecule has 0 bridgehead atoms. The number of amides is 1. The molecule has 0 heterocycles. The number of nitrogens with one attached hydrogen (secondary N) is 1. The highest BCUT2D eigenvalue weighted by Gasteiger charge is 2.03. The molecule has 0 aliphatic rings. The van der Waals surface area contributed by atoms with E-state index in [4.69, 9.17) is 9.47 Å². The molecular weight excluding hydrogens is 314 g/mol. The summed E-state index contributed by atoms with van der Waals surface area (Å²) in [7, 11) is 0. The van der Waals surface area contributed by atoms with Crippen LogP contribution in [0.25, 0.3) is 0 Å². The molecule has 4 nitrogen and oxygen atoms in total. The first-order chi connectivity index (χ1) is 12.0. The van der Waals surface area contributed by atoms with E-state index < -0.39 is 0 Å². The molecule has 0 radical (unpaired) electrons. The van der Waals surface area contributed by atoms with Crippen LogP contribution < -0.4 is 14.8 Å². The molecule has 1 amide bonds. The van der Waals surface area contributed by atoms with E-state index in [0.29, 0.717) is 32.6 Å². The predicted octanol–water partition coefficient (Wildman–Crippen LogP) is 3.97. The molecule has 4 heteroatoms. The van der Waals surface area contributed by atoms with Crippen molar-refractivity contribution < 1.29 is 14.3 Å². The van der Waals surface area contributed by atoms with Crippen molar-refractivity contribution in [3.05, 3.63) is 59.2 Å². The molecule has 0 spiro atoms. The highest BCUT2D eigenvalue weighted by molar-refractivity contribution is 5.75. The SMILES string of the molecule is Cc1ccc(OCCCC(=O)NCCOc2cc(C)ccc2C)cc1. The molecule has 2 aromatic carbocycles. The van der Waals surface area contributed by atoms with Gasteiger partial charge in [-0.1, -0.05) is 29.8 Å². The Morgan fingerprint density at radius 2 is 1.64 bits per heavy atom. The molecule has 134 valence electrons. The predicted molar refractivity (Wildman–Crippen MR) is 100 cm³/mol. The van der Waals surface area contributed by atoms with Crippen molar-refractivity contribution >= 4 is 5.91 Å². The zero-order chi connectivity index (χ0) is 18.1. The third-order valence-corrected chi connectivity index (χ3v) is 3.86. The molecule has 0 saturated carbocycles. The van der Waals surface area contributed by atoms with Gasteiger partial charge in [0, 0.05) is 6.42 Å². The first-order valence-electron chi connectivity index (χ1n) is 8.71. The van der Waals surface area contributed by atoms with Crippen LogP contribution in [0.1, 0.15) is 29.5 Å². The van der Waals surface area contributed by atoms with E-state index >= 15 is 0 Å². The normalized spacial score (nSPS) is 10.4. The Kier molecular flexibility index (Phi) is 7.33. The summed E-state index contributed by atoms with van der Waals surface area (Å²) in [5.74, 6) is 1.74. The maximum Gasteiger partial charge on any atom is 0.220 e. The minimum absolute atomic E-state index is 0.0251. The zero-order valence-corrected chi connectivity index (χ0v) is 15.3. The lowest BCUT2D eigenvalue weighted by Crippen LogP contribution is -2.28. The standard InChI is InChI=1S/C21H27NO3/c1-16-7-10-19(11-8-16)24-13-4-5-21(23)22-12-14-25-20-15-17(2)6-9-18(20)3/h6-11,15H,4-5,12-14H2,1-3H3,(H,22,23). The van der Waals surface area contributed by atoms with Crippen LogP contribution in [-0.4, -0.2) is 25.7 Å². The number of aryl methyl sites for hydroxylation is 3. The van der Waals surface area contributed by atoms with E-state index in [0.717, 1.165) is 17.1 Å². The average Bonchev–Trinajstić information content (AvgIpc) is 2.60. The summed E-state index contributed by atoms with van der Waals surface area (Å²) >= 11 is 0. The van der Waals surface area contributed by atoms with Crippen LogP contribution >= 0.6 is 0 Å². The van der Waals surface area contributed by atoms with Crippen molar-refractivity contribution in [2.24, 2.45) is 0 Å². The third kappa shape index (κ3) is 6.87. The quantitative estimate of drug-likeness (QED) is 0.702. The summed E-state index contributed by atoms with van der Waals surface area (Å²) in [6, 6.07) is 14.0. The van der Waals surface area contributed by atoms with Gasteiger partial charge in [0.1, 0.15) is 18.1 Å². The summed E-state index contributed by atoms with van der Waals surface area (Å²) in [5.41, 5.74) is 3.47. The molecule has 0 unspecified atom stereocenters. The Morgan fingerprint density at radius 1 is 0.920 bits per heavy atom. The van der Waals surface area contributed by atoms with Crippen LogP contribution in [0.15, 0.2) is 42.5 Å². The number of carbonyl (C=O) groups is 1. The smallest absolute Gasteiger partial charge is 0.220 e. The van der Waals surface area contributed by atoms with Gasteiger partial charge in [0.15, 0.2) is 0 Å². The van der Waals surface area contributed by atoms with Crippen LogP contribution in [0.3, 0.4) is 0 Å². The number of rotatable bonds is 9. The summed E-state index contributed by atoms with van der Waals surface area (Å²) in [5, 5.41) is 2.87. The van der Waals surface area contributed by atoms with Crippen molar-refractivity contribution in [3.8, 4) is 11.5 Å². The van der Waals surface area contributed by atoms with Crippen molar-refractivity contribution in [1.29, 1.82) is 0 Å². The monoisotopic (exact) mass is 341 g/mol. The van der Waals surface area contributed by atoms with Crippen LogP contribution in [0.5, 0.6) is 11.5 Å². The fourth-order valence-electron chi connectivity index (χ4n) is 2.36. The summed E-state index contributed by atoms with van der Waals surface area (Å²) in [6.45, 7) is 7.60. The van der Waals surface area contributed by atoms with Gasteiger partial charge in [-0.2, -0.15) is 0 Å². The number of carbonyl (C=O) groups excluding carboxylic acids is 1. The minimum Gasteiger partial charge on any atom is -0.494 e. The summed E-state index contributed by atoms with van der Waals surface area (Å²) in [4.78, 5) is 11.8. The lowest BCUT2D eigenvalue weighted by Gasteiger charge is -2.11. The molecule has 1 N–H and O–H groups in total. The van der Waals surface area contributed by atoms with Crippen molar-refractivity contribution in [1.82, 2.24) is 5.32 Å². The molecule has 0 fully saturated rings. The molecular formula is C21H27NO3. The van der Waals surface area contributed by atoms with Crippen LogP contribution in [0.4, 0.5) is 0 Å². The highest BCUT2D eigenvalue weighted by atomic mass is 16.5. The van der Waals surface area contributed by atoms with Gasteiger partial charge in [-0.3, -0.25) is 4.79 Å². The topological polar surface area (TPSA) is 47.6 Å². The lowest BCUT2D eigenvalue weighted by atomic mass is 10.1. The molecule has 0 aliphatic carbocycles. The van der Waals surface area contributed by atoms with Gasteiger partial charge < -0.3 is 14.8 Å². The number of hydrogen-bond acceptors (Lipinski definition) is 3. The van der Waals surface area contributed by atoms with E-state index in [1.54, 1.807) is 0 Å². The van der Waals surface area contributed by atoms with Crippen LogP contribution in [-0.2, 0) is 4.79 Å². The molecule has 0 aliphatic heterocycles. The van der Waals surface area contributed by atoms with Crippen molar-refractivity contribution in [2.75, 3.05) is 19.8 Å². The fraction of sp³-hybridized carbons (Fsp3) is 0.381. The van der Waals surface area contributed by atoms with E-state index in [9.17, 15) is 4.79 Å². The van der Waals surface area contributed by atoms with E-state index in [-0.39, 0.29) is 5.91 Å². The number of ether oxygens (including phenoxy) is 2. The minimum atomic E-state index is 0.0251. The van der Waals surface area contributed by atoms with Gasteiger partial charge in [0.05, 0.1) is 13.2 Å². The van der Waals surface area contributed by atoms with Gasteiger partial charge in [0.2, 0.25) is 5.91 Å². The molecule has 2 rings (SSSR count). The average molecular weight is 341 g/mol. The largest absolute Gasteiger partial charge is 0.494 e. The van der Waals surface area contributed by atoms with Gasteiger partial charge in [-0.25, -0.2) is 0 Å². The fourth-order valence-corrected chi connectivity index (χ4v) is 2.36. The maximum atomic E-state index is 11.8. The number of hydrogen-bond donors (Lipinski definition) is 1. The Morgan fingerprint density at radius 3 is 2.40 bits per heavy atom. The van der Waals surface area contributed by atoms with E-state index in [1.807, 2.05) is 57.2 Å². The second kappa shape index (κ2) is 9.72. The second-order valence-electron chi connectivity index (χ2n) is 6.23. The van der Waals surface area contributed by atoms with Crippen LogP contribution in [0.2, 0.25) is 0 Å². The van der Waals surface area contributed by atoms with Crippen LogP contribution in [0, 0.1) is 20.8 Å². The molecule has 0 aromatic heterocycles. The summed E-state index contributed by atoms with van der Waals surface area (Å²) < 4.78 is 11.3. The van der Waals surface area contributed by atoms with Gasteiger partial charge >= 0.3 is 0 Å². The number of benzene rings is 2. The van der Waals surface area contributed by atoms with Gasteiger partial charge in [-0.05, 0) is 56.5 Å². The van der Waals surface area contributed by atoms with Crippen molar-refractivity contribution in [2.45, 2.75) is 33.6 Å². The van der Waals surface area contributed by atoms with E-state index in [2.05, 4.69) is 11.4 Å². The highest BCUT2D eigenvalue weighted by Crippen LogP contribution is 2.18. The Bertz CT molecular complexity index is 680. The third-order valence-electron chi connectivity index (χ3n) is 3.86. The Hall–Kier alpha value is -2.49. The molecule has 0 atom stereocenters. The van der Waals surface area contributed by atoms with Gasteiger partial charge in [0.25, 0.3) is 0 Å². The zero-order valence-electron chi connectivity index (χ0n) is 15.3. The molecule has 25 heavy (non-hydrogen) atoms. The molecule has 0 saturated heterocycles. The summed E-state index contributed by atoms with van der Waals surface area (Å²) in [6.07, 6.45) is 1.15. The van der Waals surface area contributed by atoms with E-state index in [1.165, 1.54) is 11.1 Å². The van der Waals surface area contributed by atoms with Crippen molar-refractivity contribution in [3.63, 3.8) is 0 Å². The first-order valence-corrected chi connectivity index (χ1v) is 8.71. The Labute approximate surface area is 150 Å². The second-order valence-corrected chi connectivity index (χ2v) is 6.23. The van der Waals surface area contributed by atoms with Gasteiger partial charge in [-0.15, -0.1) is 0 Å². The molecule has 2 aromatic rings. The lowest BCUT2D eigenvalue weighted by molar-refractivity contribution is -0.121. The maximum absolute atomic E-state index is 11.8. The Balaban J connectivity index is 1.56. The first kappa shape index (κ1) is 18.8.